The Morgan fingerprint density at radius 3 is 2.12 bits per heavy atom. The summed E-state index contributed by atoms with van der Waals surface area (Å²) in [6.07, 6.45) is 0.0102. The fourth-order valence-electron chi connectivity index (χ4n) is 2.17. The molecule has 0 aliphatic rings. The van der Waals surface area contributed by atoms with Crippen molar-refractivity contribution in [1.82, 2.24) is 5.32 Å². The van der Waals surface area contributed by atoms with E-state index in [-0.39, 0.29) is 29.2 Å². The van der Waals surface area contributed by atoms with Gasteiger partial charge in [0.15, 0.2) is 23.0 Å². The number of nitrogens with one attached hydrogen (secondary N) is 1. The third kappa shape index (κ3) is 4.31. The molecule has 0 spiro atoms. The predicted molar refractivity (Wildman–Crippen MR) is 86.5 cm³/mol. The number of hydrogen-bond donors (Lipinski definition) is 5. The summed E-state index contributed by atoms with van der Waals surface area (Å²) in [6.45, 7) is 0. The molecule has 5 N–H and O–H groups in total. The zero-order valence-corrected chi connectivity index (χ0v) is 13.3. The Morgan fingerprint density at radius 1 is 0.960 bits per heavy atom. The number of phenols is 4. The van der Waals surface area contributed by atoms with Crippen LogP contribution in [0.15, 0.2) is 36.4 Å². The molecule has 2 aromatic carbocycles. The maximum atomic E-state index is 12.2. The number of carbonyl (C=O) groups is 2. The second-order valence-corrected chi connectivity index (χ2v) is 5.28. The van der Waals surface area contributed by atoms with Crippen LogP contribution in [0.2, 0.25) is 0 Å². The van der Waals surface area contributed by atoms with Crippen LogP contribution in [-0.4, -0.2) is 45.5 Å². The van der Waals surface area contributed by atoms with Crippen LogP contribution in [0.3, 0.4) is 0 Å². The van der Waals surface area contributed by atoms with Gasteiger partial charge in [-0.15, -0.1) is 0 Å². The summed E-state index contributed by atoms with van der Waals surface area (Å²) >= 11 is 0. The fourth-order valence-corrected chi connectivity index (χ4v) is 2.17. The molecule has 0 unspecified atom stereocenters. The Kier molecular flexibility index (Phi) is 5.33. The number of aromatic hydroxyl groups is 4. The van der Waals surface area contributed by atoms with Crippen molar-refractivity contribution in [2.75, 3.05) is 7.11 Å². The first-order valence-corrected chi connectivity index (χ1v) is 7.23. The van der Waals surface area contributed by atoms with Crippen LogP contribution in [0, 0.1) is 0 Å². The average Bonchev–Trinajstić information content (AvgIpc) is 2.59. The SMILES string of the molecule is COC(=O)[C@@H](Cc1ccc(O)c(O)c1)NC(=O)c1ccc(O)c(O)c1. The lowest BCUT2D eigenvalue weighted by Gasteiger charge is -2.17. The summed E-state index contributed by atoms with van der Waals surface area (Å²) in [7, 11) is 1.17. The summed E-state index contributed by atoms with van der Waals surface area (Å²) < 4.78 is 4.66. The zero-order chi connectivity index (χ0) is 18.6. The molecule has 25 heavy (non-hydrogen) atoms. The normalized spacial score (nSPS) is 11.6. The molecule has 1 amide bonds. The topological polar surface area (TPSA) is 136 Å². The molecular formula is C17H17NO7. The quantitative estimate of drug-likeness (QED) is 0.402. The molecule has 0 fully saturated rings. The highest BCUT2D eigenvalue weighted by Gasteiger charge is 2.23. The molecule has 2 aromatic rings. The Bertz CT molecular complexity index is 804. The molecule has 0 aromatic heterocycles. The van der Waals surface area contributed by atoms with E-state index >= 15 is 0 Å². The molecule has 0 aliphatic heterocycles. The van der Waals surface area contributed by atoms with Crippen molar-refractivity contribution >= 4 is 11.9 Å². The first kappa shape index (κ1) is 17.9. The molecule has 0 aliphatic carbocycles. The van der Waals surface area contributed by atoms with Gasteiger partial charge in [0.1, 0.15) is 6.04 Å². The van der Waals surface area contributed by atoms with E-state index in [4.69, 9.17) is 0 Å². The van der Waals surface area contributed by atoms with E-state index in [0.29, 0.717) is 5.56 Å². The number of methoxy groups -OCH3 is 1. The van der Waals surface area contributed by atoms with Crippen LogP contribution < -0.4 is 5.32 Å². The first-order chi connectivity index (χ1) is 11.8. The van der Waals surface area contributed by atoms with Crippen molar-refractivity contribution in [2.45, 2.75) is 12.5 Å². The first-order valence-electron chi connectivity index (χ1n) is 7.23. The van der Waals surface area contributed by atoms with E-state index in [1.807, 2.05) is 0 Å². The molecule has 1 atom stereocenters. The number of benzene rings is 2. The average molecular weight is 347 g/mol. The van der Waals surface area contributed by atoms with Crippen LogP contribution in [-0.2, 0) is 16.0 Å². The van der Waals surface area contributed by atoms with E-state index in [0.717, 1.165) is 12.1 Å². The number of carbonyl (C=O) groups excluding carboxylic acids is 2. The highest BCUT2D eigenvalue weighted by Crippen LogP contribution is 2.26. The minimum absolute atomic E-state index is 0.0102. The number of ether oxygens (including phenoxy) is 1. The van der Waals surface area contributed by atoms with Crippen molar-refractivity contribution in [1.29, 1.82) is 0 Å². The van der Waals surface area contributed by atoms with Gasteiger partial charge in [0, 0.05) is 12.0 Å². The lowest BCUT2D eigenvalue weighted by Crippen LogP contribution is -2.43. The fraction of sp³-hybridized carbons (Fsp3) is 0.176. The van der Waals surface area contributed by atoms with E-state index in [1.165, 1.54) is 31.4 Å². The largest absolute Gasteiger partial charge is 0.504 e. The molecule has 0 heterocycles. The van der Waals surface area contributed by atoms with E-state index in [2.05, 4.69) is 10.1 Å². The van der Waals surface area contributed by atoms with Gasteiger partial charge in [0.2, 0.25) is 0 Å². The zero-order valence-electron chi connectivity index (χ0n) is 13.3. The minimum Gasteiger partial charge on any atom is -0.504 e. The number of amides is 1. The third-order valence-electron chi connectivity index (χ3n) is 3.51. The maximum Gasteiger partial charge on any atom is 0.328 e. The van der Waals surface area contributed by atoms with Crippen LogP contribution >= 0.6 is 0 Å². The summed E-state index contributed by atoms with van der Waals surface area (Å²) in [6, 6.07) is 6.45. The third-order valence-corrected chi connectivity index (χ3v) is 3.51. The Hall–Kier alpha value is -3.42. The van der Waals surface area contributed by atoms with Crippen molar-refractivity contribution < 1.29 is 34.8 Å². The second kappa shape index (κ2) is 7.43. The lowest BCUT2D eigenvalue weighted by atomic mass is 10.0. The van der Waals surface area contributed by atoms with E-state index in [9.17, 15) is 30.0 Å². The molecule has 8 nitrogen and oxygen atoms in total. The molecule has 2 rings (SSSR count). The van der Waals surface area contributed by atoms with Gasteiger partial charge in [0.25, 0.3) is 5.91 Å². The van der Waals surface area contributed by atoms with Crippen LogP contribution in [0.25, 0.3) is 0 Å². The molecule has 8 heteroatoms. The lowest BCUT2D eigenvalue weighted by molar-refractivity contribution is -0.142. The van der Waals surface area contributed by atoms with Gasteiger partial charge in [-0.05, 0) is 35.9 Å². The summed E-state index contributed by atoms with van der Waals surface area (Å²) in [5.41, 5.74) is 0.525. The van der Waals surface area contributed by atoms with Crippen molar-refractivity contribution in [3.05, 3.63) is 47.5 Å². The molecule has 0 bridgehead atoms. The summed E-state index contributed by atoms with van der Waals surface area (Å²) in [5.74, 6) is -2.86. The van der Waals surface area contributed by atoms with Crippen molar-refractivity contribution in [3.8, 4) is 23.0 Å². The van der Waals surface area contributed by atoms with Gasteiger partial charge in [0.05, 0.1) is 7.11 Å². The maximum absolute atomic E-state index is 12.2. The van der Waals surface area contributed by atoms with Gasteiger partial charge >= 0.3 is 5.97 Å². The van der Waals surface area contributed by atoms with Gasteiger partial charge in [-0.25, -0.2) is 4.79 Å². The smallest absolute Gasteiger partial charge is 0.328 e. The minimum atomic E-state index is -1.06. The predicted octanol–water partition coefficient (Wildman–Crippen LogP) is 1.02. The van der Waals surface area contributed by atoms with Gasteiger partial charge in [-0.2, -0.15) is 0 Å². The molecule has 0 radical (unpaired) electrons. The molecular weight excluding hydrogens is 330 g/mol. The number of hydrogen-bond acceptors (Lipinski definition) is 7. The van der Waals surface area contributed by atoms with E-state index in [1.54, 1.807) is 0 Å². The highest BCUT2D eigenvalue weighted by molar-refractivity contribution is 5.97. The van der Waals surface area contributed by atoms with E-state index < -0.39 is 23.7 Å². The van der Waals surface area contributed by atoms with Crippen LogP contribution in [0.5, 0.6) is 23.0 Å². The van der Waals surface area contributed by atoms with Crippen LogP contribution in [0.1, 0.15) is 15.9 Å². The Labute approximate surface area is 142 Å². The molecule has 132 valence electrons. The number of esters is 1. The number of phenolic OH excluding ortho intramolecular Hbond substituents is 4. The van der Waals surface area contributed by atoms with Gasteiger partial charge in [-0.1, -0.05) is 6.07 Å². The standard InChI is InChI=1S/C17H17NO7/c1-25-17(24)11(6-9-2-4-12(19)14(21)7-9)18-16(23)10-3-5-13(20)15(22)8-10/h2-5,7-8,11,19-22H,6H2,1H3,(H,18,23)/t11-/m1/s1. The Morgan fingerprint density at radius 2 is 1.56 bits per heavy atom. The van der Waals surface area contributed by atoms with Gasteiger partial charge in [-0.3, -0.25) is 4.79 Å². The monoisotopic (exact) mass is 347 g/mol. The van der Waals surface area contributed by atoms with Crippen molar-refractivity contribution in [2.24, 2.45) is 0 Å². The number of rotatable bonds is 5. The molecule has 0 saturated carbocycles. The molecule has 0 saturated heterocycles. The second-order valence-electron chi connectivity index (χ2n) is 5.28. The van der Waals surface area contributed by atoms with Gasteiger partial charge < -0.3 is 30.5 Å². The van der Waals surface area contributed by atoms with Crippen LogP contribution in [0.4, 0.5) is 0 Å². The Balaban J connectivity index is 2.19. The summed E-state index contributed by atoms with van der Waals surface area (Å²) in [4.78, 5) is 24.2. The highest BCUT2D eigenvalue weighted by atomic mass is 16.5. The van der Waals surface area contributed by atoms with Crippen molar-refractivity contribution in [3.63, 3.8) is 0 Å². The summed E-state index contributed by atoms with van der Waals surface area (Å²) in [5, 5.41) is 40.0.